The lowest BCUT2D eigenvalue weighted by atomic mass is 10.2. The number of carboxylic acids is 1. The van der Waals surface area contributed by atoms with Gasteiger partial charge in [0.1, 0.15) is 12.2 Å². The van der Waals surface area contributed by atoms with E-state index in [9.17, 15) is 4.79 Å². The molecule has 0 bridgehead atoms. The lowest BCUT2D eigenvalue weighted by Crippen LogP contribution is -2.15. The van der Waals surface area contributed by atoms with Gasteiger partial charge in [-0.25, -0.2) is 14.5 Å². The fraction of sp³-hybridized carbons (Fsp3) is 0.500. The molecule has 2 rings (SSSR count). The summed E-state index contributed by atoms with van der Waals surface area (Å²) in [6.07, 6.45) is 2.73. The fourth-order valence-electron chi connectivity index (χ4n) is 1.33. The average molecular weight is 153 g/mol. The number of aliphatic carboxylic acids is 1. The van der Waals surface area contributed by atoms with E-state index in [1.807, 2.05) is 0 Å². The molecule has 1 aliphatic rings. The van der Waals surface area contributed by atoms with Crippen molar-refractivity contribution in [2.75, 3.05) is 0 Å². The molecule has 1 N–H and O–H groups in total. The molecule has 0 radical (unpaired) electrons. The summed E-state index contributed by atoms with van der Waals surface area (Å²) in [7, 11) is 0. The van der Waals surface area contributed by atoms with Gasteiger partial charge in [0.2, 0.25) is 0 Å². The van der Waals surface area contributed by atoms with Gasteiger partial charge in [-0.2, -0.15) is 5.10 Å². The maximum Gasteiger partial charge on any atom is 0.328 e. The topological polar surface area (TPSA) is 68.0 Å². The van der Waals surface area contributed by atoms with Gasteiger partial charge in [0.15, 0.2) is 6.04 Å². The van der Waals surface area contributed by atoms with E-state index in [2.05, 4.69) is 10.1 Å². The van der Waals surface area contributed by atoms with Gasteiger partial charge in [-0.3, -0.25) is 0 Å². The second-order valence-corrected chi connectivity index (χ2v) is 2.51. The number of rotatable bonds is 1. The molecule has 5 nitrogen and oxygen atoms in total. The summed E-state index contributed by atoms with van der Waals surface area (Å²) in [5.41, 5.74) is 0. The van der Waals surface area contributed by atoms with Crippen LogP contribution in [0.15, 0.2) is 6.33 Å². The van der Waals surface area contributed by atoms with Crippen molar-refractivity contribution >= 4 is 5.97 Å². The van der Waals surface area contributed by atoms with Crippen molar-refractivity contribution in [2.24, 2.45) is 0 Å². The average Bonchev–Trinajstić information content (AvgIpc) is 2.41. The number of hydrogen-bond donors (Lipinski definition) is 1. The predicted molar refractivity (Wildman–Crippen MR) is 35.0 cm³/mol. The summed E-state index contributed by atoms with van der Waals surface area (Å²) in [6.45, 7) is 0. The van der Waals surface area contributed by atoms with E-state index in [4.69, 9.17) is 5.11 Å². The second-order valence-electron chi connectivity index (χ2n) is 2.51. The SMILES string of the molecule is O=C(O)[C@H]1CCc2ncnn21. The van der Waals surface area contributed by atoms with Gasteiger partial charge >= 0.3 is 5.97 Å². The van der Waals surface area contributed by atoms with Crippen molar-refractivity contribution in [1.29, 1.82) is 0 Å². The van der Waals surface area contributed by atoms with Crippen LogP contribution in [0, 0.1) is 0 Å². The standard InChI is InChI=1S/C6H7N3O2/c10-6(11)4-1-2-5-7-3-8-9(4)5/h3-4H,1-2H2,(H,10,11)/t4-/m1/s1. The molecule has 0 saturated heterocycles. The molecule has 2 heterocycles. The van der Waals surface area contributed by atoms with Crippen LogP contribution in [-0.2, 0) is 11.2 Å². The molecule has 0 unspecified atom stereocenters. The molecule has 1 atom stereocenters. The first-order valence-electron chi connectivity index (χ1n) is 3.40. The van der Waals surface area contributed by atoms with Crippen molar-refractivity contribution in [3.05, 3.63) is 12.2 Å². The predicted octanol–water partition coefficient (Wildman–Crippen LogP) is -0.150. The van der Waals surface area contributed by atoms with Crippen molar-refractivity contribution in [2.45, 2.75) is 18.9 Å². The zero-order chi connectivity index (χ0) is 7.84. The smallest absolute Gasteiger partial charge is 0.328 e. The summed E-state index contributed by atoms with van der Waals surface area (Å²) in [4.78, 5) is 14.5. The Morgan fingerprint density at radius 2 is 2.64 bits per heavy atom. The molecule has 0 saturated carbocycles. The van der Waals surface area contributed by atoms with Crippen molar-refractivity contribution < 1.29 is 9.90 Å². The van der Waals surface area contributed by atoms with E-state index in [-0.39, 0.29) is 0 Å². The highest BCUT2D eigenvalue weighted by molar-refractivity contribution is 5.72. The Kier molecular flexibility index (Phi) is 1.18. The quantitative estimate of drug-likeness (QED) is 0.609. The first-order valence-corrected chi connectivity index (χ1v) is 3.40. The largest absolute Gasteiger partial charge is 0.480 e. The van der Waals surface area contributed by atoms with Crippen LogP contribution in [0.5, 0.6) is 0 Å². The lowest BCUT2D eigenvalue weighted by Gasteiger charge is -2.02. The van der Waals surface area contributed by atoms with Crippen LogP contribution >= 0.6 is 0 Å². The van der Waals surface area contributed by atoms with Crippen molar-refractivity contribution in [3.63, 3.8) is 0 Å². The molecule has 1 aromatic heterocycles. The summed E-state index contributed by atoms with van der Waals surface area (Å²) < 4.78 is 1.47. The minimum atomic E-state index is -0.825. The Balaban J connectivity index is 2.38. The Bertz CT molecular complexity index is 294. The highest BCUT2D eigenvalue weighted by atomic mass is 16.4. The van der Waals surface area contributed by atoms with Crippen LogP contribution in [-0.4, -0.2) is 25.8 Å². The van der Waals surface area contributed by atoms with Crippen LogP contribution in [0.3, 0.4) is 0 Å². The van der Waals surface area contributed by atoms with Crippen LogP contribution in [0.1, 0.15) is 18.3 Å². The maximum atomic E-state index is 10.6. The third-order valence-corrected chi connectivity index (χ3v) is 1.87. The zero-order valence-corrected chi connectivity index (χ0v) is 5.77. The number of aryl methyl sites for hydroxylation is 1. The highest BCUT2D eigenvalue weighted by Crippen LogP contribution is 2.22. The normalized spacial score (nSPS) is 21.6. The van der Waals surface area contributed by atoms with Gasteiger partial charge in [0.05, 0.1) is 0 Å². The van der Waals surface area contributed by atoms with E-state index in [1.165, 1.54) is 11.0 Å². The van der Waals surface area contributed by atoms with Crippen LogP contribution in [0.25, 0.3) is 0 Å². The summed E-state index contributed by atoms with van der Waals surface area (Å²) in [5.74, 6) is -0.0494. The van der Waals surface area contributed by atoms with E-state index < -0.39 is 12.0 Å². The Morgan fingerprint density at radius 3 is 3.36 bits per heavy atom. The Hall–Kier alpha value is -1.39. The third kappa shape index (κ3) is 0.806. The molecule has 58 valence electrons. The van der Waals surface area contributed by atoms with E-state index >= 15 is 0 Å². The van der Waals surface area contributed by atoms with Crippen LogP contribution < -0.4 is 0 Å². The number of carbonyl (C=O) groups is 1. The van der Waals surface area contributed by atoms with Gasteiger partial charge in [-0.05, 0) is 6.42 Å². The maximum absolute atomic E-state index is 10.6. The number of hydrogen-bond acceptors (Lipinski definition) is 3. The lowest BCUT2D eigenvalue weighted by molar-refractivity contribution is -0.140. The minimum absolute atomic E-state index is 0.493. The molecule has 5 heteroatoms. The molecule has 1 aromatic rings. The third-order valence-electron chi connectivity index (χ3n) is 1.87. The number of fused-ring (bicyclic) bond motifs is 1. The molecule has 0 aromatic carbocycles. The number of aromatic nitrogens is 3. The van der Waals surface area contributed by atoms with Gasteiger partial charge < -0.3 is 5.11 Å². The molecule has 0 amide bonds. The Labute approximate surface area is 62.7 Å². The molecule has 0 aliphatic carbocycles. The molecular weight excluding hydrogens is 146 g/mol. The monoisotopic (exact) mass is 153 g/mol. The first-order chi connectivity index (χ1) is 5.29. The first kappa shape index (κ1) is 6.33. The molecule has 11 heavy (non-hydrogen) atoms. The molecular formula is C6H7N3O2. The fourth-order valence-corrected chi connectivity index (χ4v) is 1.33. The number of carboxylic acid groups (broad SMARTS) is 1. The van der Waals surface area contributed by atoms with Crippen molar-refractivity contribution in [1.82, 2.24) is 14.8 Å². The van der Waals surface area contributed by atoms with E-state index in [0.717, 1.165) is 12.2 Å². The summed E-state index contributed by atoms with van der Waals surface area (Å²) >= 11 is 0. The van der Waals surface area contributed by atoms with Gasteiger partial charge in [0.25, 0.3) is 0 Å². The summed E-state index contributed by atoms with van der Waals surface area (Å²) in [5, 5.41) is 12.5. The van der Waals surface area contributed by atoms with Gasteiger partial charge in [-0.1, -0.05) is 0 Å². The number of nitrogens with zero attached hydrogens (tertiary/aromatic N) is 3. The van der Waals surface area contributed by atoms with Crippen molar-refractivity contribution in [3.8, 4) is 0 Å². The highest BCUT2D eigenvalue weighted by Gasteiger charge is 2.29. The Morgan fingerprint density at radius 1 is 1.82 bits per heavy atom. The molecule has 1 aliphatic heterocycles. The second kappa shape index (κ2) is 2.05. The van der Waals surface area contributed by atoms with E-state index in [0.29, 0.717) is 6.42 Å². The van der Waals surface area contributed by atoms with Crippen LogP contribution in [0.2, 0.25) is 0 Å². The molecule has 0 fully saturated rings. The zero-order valence-electron chi connectivity index (χ0n) is 5.77. The molecule has 0 spiro atoms. The van der Waals surface area contributed by atoms with E-state index in [1.54, 1.807) is 0 Å². The van der Waals surface area contributed by atoms with Gasteiger partial charge in [-0.15, -0.1) is 0 Å². The minimum Gasteiger partial charge on any atom is -0.480 e. The van der Waals surface area contributed by atoms with Crippen LogP contribution in [0.4, 0.5) is 0 Å². The summed E-state index contributed by atoms with van der Waals surface area (Å²) in [6, 6.07) is -0.493. The van der Waals surface area contributed by atoms with Gasteiger partial charge in [0, 0.05) is 6.42 Å².